The van der Waals surface area contributed by atoms with Crippen molar-refractivity contribution in [1.82, 2.24) is 4.98 Å². The van der Waals surface area contributed by atoms with Crippen LogP contribution in [0.5, 0.6) is 0 Å². The van der Waals surface area contributed by atoms with Crippen LogP contribution in [0.25, 0.3) is 16.6 Å². The van der Waals surface area contributed by atoms with Crippen molar-refractivity contribution in [3.8, 4) is 6.19 Å². The van der Waals surface area contributed by atoms with E-state index in [1.54, 1.807) is 18.2 Å². The summed E-state index contributed by atoms with van der Waals surface area (Å²) in [7, 11) is 0. The molecule has 31 heavy (non-hydrogen) atoms. The van der Waals surface area contributed by atoms with Gasteiger partial charge in [-0.2, -0.15) is 5.26 Å². The highest BCUT2D eigenvalue weighted by Crippen LogP contribution is 2.28. The quantitative estimate of drug-likeness (QED) is 0.400. The highest BCUT2D eigenvalue weighted by molar-refractivity contribution is 5.99. The lowest BCUT2D eigenvalue weighted by molar-refractivity contribution is 0.623. The summed E-state index contributed by atoms with van der Waals surface area (Å²) in [6.07, 6.45) is 2.47. The Morgan fingerprint density at radius 3 is 2.65 bits per heavy atom. The minimum absolute atomic E-state index is 0.323. The fraction of sp³-hybridized carbons (Fsp3) is 0.0800. The molecule has 0 radical (unpaired) electrons. The molecule has 0 atom stereocenters. The van der Waals surface area contributed by atoms with Crippen LogP contribution in [0, 0.1) is 17.3 Å². The van der Waals surface area contributed by atoms with Crippen LogP contribution >= 0.6 is 0 Å². The summed E-state index contributed by atoms with van der Waals surface area (Å²) in [4.78, 5) is 12.9. The molecule has 0 amide bonds. The maximum atomic E-state index is 14.7. The van der Waals surface area contributed by atoms with Crippen molar-refractivity contribution in [3.63, 3.8) is 0 Å². The Hall–Kier alpha value is -4.24. The normalized spacial score (nSPS) is 13.0. The minimum Gasteiger partial charge on any atom is -0.341 e. The zero-order valence-electron chi connectivity index (χ0n) is 16.6. The third kappa shape index (κ3) is 3.47. The fourth-order valence-electron chi connectivity index (χ4n) is 3.95. The zero-order valence-corrected chi connectivity index (χ0v) is 16.6. The van der Waals surface area contributed by atoms with Gasteiger partial charge in [0.15, 0.2) is 6.19 Å². The SMILES string of the molecule is N#CNc1[nH]c2ccccc2c1CC1=NC(c2ccccc2F)=c2ccccc2=NC1. The fourth-order valence-corrected chi connectivity index (χ4v) is 3.95. The molecule has 0 unspecified atom stereocenters. The molecule has 0 fully saturated rings. The molecule has 150 valence electrons. The third-order valence-electron chi connectivity index (χ3n) is 5.37. The maximum absolute atomic E-state index is 14.7. The number of nitrogens with zero attached hydrogens (tertiary/aromatic N) is 3. The van der Waals surface area contributed by atoms with Crippen molar-refractivity contribution in [2.45, 2.75) is 6.42 Å². The van der Waals surface area contributed by atoms with Gasteiger partial charge in [-0.05, 0) is 24.3 Å². The van der Waals surface area contributed by atoms with Gasteiger partial charge >= 0.3 is 0 Å². The van der Waals surface area contributed by atoms with Crippen LogP contribution in [0.15, 0.2) is 82.8 Å². The van der Waals surface area contributed by atoms with Crippen LogP contribution in [0.4, 0.5) is 10.2 Å². The lowest BCUT2D eigenvalue weighted by Gasteiger charge is -2.08. The summed E-state index contributed by atoms with van der Waals surface area (Å²) in [5.41, 5.74) is 3.67. The van der Waals surface area contributed by atoms with Gasteiger partial charge < -0.3 is 4.98 Å². The summed E-state index contributed by atoms with van der Waals surface area (Å²) in [5.74, 6) is 0.317. The number of fused-ring (bicyclic) bond motifs is 2. The van der Waals surface area contributed by atoms with Gasteiger partial charge in [-0.1, -0.05) is 48.5 Å². The third-order valence-corrected chi connectivity index (χ3v) is 5.37. The first-order valence-corrected chi connectivity index (χ1v) is 9.94. The van der Waals surface area contributed by atoms with Gasteiger partial charge in [0.1, 0.15) is 11.6 Å². The van der Waals surface area contributed by atoms with Crippen LogP contribution in [0.2, 0.25) is 0 Å². The lowest BCUT2D eigenvalue weighted by Crippen LogP contribution is -2.26. The molecule has 1 aliphatic heterocycles. The van der Waals surface area contributed by atoms with E-state index in [0.717, 1.165) is 32.8 Å². The largest absolute Gasteiger partial charge is 0.341 e. The molecule has 0 saturated carbocycles. The van der Waals surface area contributed by atoms with E-state index in [0.29, 0.717) is 30.0 Å². The summed E-state index contributed by atoms with van der Waals surface area (Å²) < 4.78 is 14.7. The molecule has 4 aromatic rings. The number of halogens is 1. The molecule has 0 saturated heterocycles. The van der Waals surface area contributed by atoms with Crippen molar-refractivity contribution in [1.29, 1.82) is 5.26 Å². The first-order chi connectivity index (χ1) is 15.2. The van der Waals surface area contributed by atoms with Gasteiger partial charge in [-0.3, -0.25) is 15.3 Å². The van der Waals surface area contributed by atoms with E-state index >= 15 is 0 Å². The Labute approximate surface area is 177 Å². The number of anilines is 1. The van der Waals surface area contributed by atoms with E-state index in [1.165, 1.54) is 6.07 Å². The molecular weight excluding hydrogens is 389 g/mol. The topological polar surface area (TPSA) is 76.3 Å². The molecule has 5 rings (SSSR count). The van der Waals surface area contributed by atoms with E-state index in [9.17, 15) is 9.65 Å². The second kappa shape index (κ2) is 7.88. The maximum Gasteiger partial charge on any atom is 0.182 e. The molecule has 5 nitrogen and oxygen atoms in total. The highest BCUT2D eigenvalue weighted by atomic mass is 19.1. The van der Waals surface area contributed by atoms with Crippen LogP contribution < -0.4 is 15.9 Å². The highest BCUT2D eigenvalue weighted by Gasteiger charge is 2.17. The van der Waals surface area contributed by atoms with Gasteiger partial charge in [-0.25, -0.2) is 4.39 Å². The smallest absolute Gasteiger partial charge is 0.182 e. The van der Waals surface area contributed by atoms with Gasteiger partial charge in [0.05, 0.1) is 17.6 Å². The van der Waals surface area contributed by atoms with E-state index in [-0.39, 0.29) is 5.82 Å². The molecule has 0 bridgehead atoms. The van der Waals surface area contributed by atoms with E-state index in [2.05, 4.69) is 10.3 Å². The average Bonchev–Trinajstić information content (AvgIpc) is 3.02. The lowest BCUT2D eigenvalue weighted by atomic mass is 10.1. The summed E-state index contributed by atoms with van der Waals surface area (Å²) in [6, 6.07) is 22.2. The van der Waals surface area contributed by atoms with Crippen LogP contribution in [0.3, 0.4) is 0 Å². The average molecular weight is 407 g/mol. The number of rotatable bonds is 4. The molecule has 0 spiro atoms. The Kier molecular flexibility index (Phi) is 4.77. The number of nitriles is 1. The van der Waals surface area contributed by atoms with E-state index in [1.807, 2.05) is 54.7 Å². The molecule has 0 aliphatic carbocycles. The molecule has 6 heteroatoms. The van der Waals surface area contributed by atoms with E-state index < -0.39 is 0 Å². The van der Waals surface area contributed by atoms with Gasteiger partial charge in [0, 0.05) is 39.4 Å². The molecule has 1 aliphatic rings. The number of benzene rings is 3. The minimum atomic E-state index is -0.323. The Morgan fingerprint density at radius 1 is 1.00 bits per heavy atom. The Balaban J connectivity index is 1.68. The van der Waals surface area contributed by atoms with Crippen LogP contribution in [0.1, 0.15) is 11.1 Å². The molecule has 1 aromatic heterocycles. The number of aliphatic imine (C=N–C) groups is 1. The standard InChI is InChI=1S/C25H18FN5/c26-21-10-4-1-8-18(21)24-19-9-3-5-11-22(19)28-14-16(30-24)13-20-17-7-2-6-12-23(17)31-25(20)29-15-27/h1-12,29,31H,13-14H2. The Bertz CT molecular complexity index is 1490. The van der Waals surface area contributed by atoms with Crippen molar-refractivity contribution in [2.75, 3.05) is 11.9 Å². The summed E-state index contributed by atoms with van der Waals surface area (Å²) in [5, 5.41) is 14.5. The zero-order chi connectivity index (χ0) is 21.2. The predicted molar refractivity (Wildman–Crippen MR) is 120 cm³/mol. The van der Waals surface area contributed by atoms with Gasteiger partial charge in [-0.15, -0.1) is 0 Å². The molecular formula is C25H18FN5. The summed E-state index contributed by atoms with van der Waals surface area (Å²) in [6.45, 7) is 0.389. The van der Waals surface area contributed by atoms with Crippen molar-refractivity contribution < 1.29 is 4.39 Å². The van der Waals surface area contributed by atoms with Crippen molar-refractivity contribution in [2.24, 2.45) is 9.98 Å². The van der Waals surface area contributed by atoms with E-state index in [4.69, 9.17) is 9.98 Å². The second-order valence-corrected chi connectivity index (χ2v) is 7.28. The first-order valence-electron chi connectivity index (χ1n) is 9.94. The van der Waals surface area contributed by atoms with Gasteiger partial charge in [0.25, 0.3) is 0 Å². The number of aromatic amines is 1. The van der Waals surface area contributed by atoms with Crippen molar-refractivity contribution >= 4 is 28.1 Å². The van der Waals surface area contributed by atoms with Crippen LogP contribution in [-0.4, -0.2) is 17.2 Å². The number of hydrogen-bond acceptors (Lipinski definition) is 4. The number of nitrogens with one attached hydrogen (secondary N) is 2. The number of H-pyrrole nitrogens is 1. The summed E-state index contributed by atoms with van der Waals surface area (Å²) >= 11 is 0. The van der Waals surface area contributed by atoms with Crippen molar-refractivity contribution in [3.05, 3.63) is 100 Å². The van der Waals surface area contributed by atoms with Crippen LogP contribution in [-0.2, 0) is 6.42 Å². The number of aromatic nitrogens is 1. The molecule has 2 heterocycles. The predicted octanol–water partition coefficient (Wildman–Crippen LogP) is 3.67. The second-order valence-electron chi connectivity index (χ2n) is 7.28. The van der Waals surface area contributed by atoms with Gasteiger partial charge in [0.2, 0.25) is 0 Å². The monoisotopic (exact) mass is 407 g/mol. The number of hydrogen-bond donors (Lipinski definition) is 2. The molecule has 3 aromatic carbocycles. The number of para-hydroxylation sites is 2. The first kappa shape index (κ1) is 18.8. The Morgan fingerprint density at radius 2 is 1.77 bits per heavy atom. The molecule has 2 N–H and O–H groups in total.